The van der Waals surface area contributed by atoms with Gasteiger partial charge in [0.2, 0.25) is 5.91 Å². The van der Waals surface area contributed by atoms with Gasteiger partial charge in [-0.05, 0) is 81.0 Å². The highest BCUT2D eigenvalue weighted by Crippen LogP contribution is 2.61. The molecule has 24 heavy (non-hydrogen) atoms. The minimum atomic E-state index is -0.538. The Bertz CT molecular complexity index is 444. The maximum atomic E-state index is 12.1. The van der Waals surface area contributed by atoms with E-state index in [0.717, 1.165) is 30.7 Å². The number of hydrogen-bond donors (Lipinski definition) is 4. The Morgan fingerprint density at radius 2 is 1.58 bits per heavy atom. The average Bonchev–Trinajstić information content (AvgIpc) is 2.49. The molecule has 4 bridgehead atoms. The molecule has 6 N–H and O–H groups in total. The van der Waals surface area contributed by atoms with Gasteiger partial charge in [0.05, 0.1) is 6.04 Å². The fraction of sp³-hybridized carbons (Fsp3) is 0.889. The van der Waals surface area contributed by atoms with Gasteiger partial charge in [0.1, 0.15) is 0 Å². The summed E-state index contributed by atoms with van der Waals surface area (Å²) in [6.07, 6.45) is 10.8. The number of rotatable bonds is 8. The fourth-order valence-electron chi connectivity index (χ4n) is 5.84. The molecule has 0 heterocycles. The molecule has 0 saturated heterocycles. The lowest BCUT2D eigenvalue weighted by Crippen LogP contribution is -2.48. The molecule has 4 fully saturated rings. The summed E-state index contributed by atoms with van der Waals surface area (Å²) in [5.41, 5.74) is 11.4. The second-order valence-corrected chi connectivity index (χ2v) is 8.50. The molecule has 4 aliphatic rings. The molecule has 6 heteroatoms. The lowest BCUT2D eigenvalue weighted by atomic mass is 9.49. The van der Waals surface area contributed by atoms with Crippen LogP contribution in [-0.4, -0.2) is 31.1 Å². The highest BCUT2D eigenvalue weighted by molar-refractivity contribution is 5.81. The van der Waals surface area contributed by atoms with E-state index in [2.05, 4.69) is 10.6 Å². The van der Waals surface area contributed by atoms with Gasteiger partial charge in [-0.25, -0.2) is 4.79 Å². The van der Waals surface area contributed by atoms with E-state index in [1.54, 1.807) is 0 Å². The Balaban J connectivity index is 1.35. The van der Waals surface area contributed by atoms with E-state index in [4.69, 9.17) is 11.5 Å². The Labute approximate surface area is 144 Å². The molecule has 0 radical (unpaired) electrons. The van der Waals surface area contributed by atoms with Crippen molar-refractivity contribution in [2.45, 2.75) is 63.8 Å². The van der Waals surface area contributed by atoms with Gasteiger partial charge in [-0.15, -0.1) is 0 Å². The molecular formula is C18H32N4O2. The molecule has 0 unspecified atom stereocenters. The summed E-state index contributed by atoms with van der Waals surface area (Å²) >= 11 is 0. The summed E-state index contributed by atoms with van der Waals surface area (Å²) in [5, 5.41) is 5.54. The van der Waals surface area contributed by atoms with Gasteiger partial charge in [0.15, 0.2) is 0 Å². The van der Waals surface area contributed by atoms with Crippen LogP contribution in [0.2, 0.25) is 0 Å². The largest absolute Gasteiger partial charge is 0.355 e. The first-order valence-corrected chi connectivity index (χ1v) is 9.52. The monoisotopic (exact) mass is 336 g/mol. The predicted octanol–water partition coefficient (Wildman–Crippen LogP) is 1.48. The van der Waals surface area contributed by atoms with E-state index in [0.29, 0.717) is 24.8 Å². The van der Waals surface area contributed by atoms with Gasteiger partial charge in [-0.1, -0.05) is 0 Å². The van der Waals surface area contributed by atoms with E-state index in [-0.39, 0.29) is 5.91 Å². The first kappa shape index (κ1) is 17.5. The molecular weight excluding hydrogens is 304 g/mol. The maximum Gasteiger partial charge on any atom is 0.312 e. The third-order valence-electron chi connectivity index (χ3n) is 6.45. The van der Waals surface area contributed by atoms with E-state index < -0.39 is 12.1 Å². The molecule has 6 nitrogen and oxygen atoms in total. The highest BCUT2D eigenvalue weighted by atomic mass is 16.2. The quantitative estimate of drug-likeness (QED) is 0.504. The third-order valence-corrected chi connectivity index (χ3v) is 6.45. The number of primary amides is 1. The van der Waals surface area contributed by atoms with Gasteiger partial charge < -0.3 is 22.1 Å². The molecule has 1 atom stereocenters. The fourth-order valence-corrected chi connectivity index (χ4v) is 5.84. The Morgan fingerprint density at radius 3 is 2.12 bits per heavy atom. The van der Waals surface area contributed by atoms with Crippen LogP contribution in [0.3, 0.4) is 0 Å². The van der Waals surface area contributed by atoms with Crippen molar-refractivity contribution in [3.8, 4) is 0 Å². The van der Waals surface area contributed by atoms with Crippen molar-refractivity contribution >= 4 is 11.9 Å². The Hall–Kier alpha value is -1.30. The summed E-state index contributed by atoms with van der Waals surface area (Å²) in [6, 6.07) is -1.04. The first-order chi connectivity index (χ1) is 11.5. The summed E-state index contributed by atoms with van der Waals surface area (Å²) in [5.74, 6) is 2.78. The second kappa shape index (κ2) is 7.30. The standard InChI is InChI=1S/C18H32N4O2/c19-15(2-1-4-22-17(20)24)16(23)21-5-3-18-9-12-6-13(10-18)8-14(7-12)11-18/h12-15H,1-11,19H2,(H,21,23)(H3,20,22,24)/t12?,13?,14?,15-,18?/m0/s1. The zero-order chi connectivity index (χ0) is 17.2. The molecule has 4 rings (SSSR count). The van der Waals surface area contributed by atoms with Crippen LogP contribution >= 0.6 is 0 Å². The van der Waals surface area contributed by atoms with E-state index in [1.807, 2.05) is 0 Å². The van der Waals surface area contributed by atoms with Crippen LogP contribution in [0.25, 0.3) is 0 Å². The zero-order valence-corrected chi connectivity index (χ0v) is 14.6. The molecule has 4 saturated carbocycles. The Morgan fingerprint density at radius 1 is 1.00 bits per heavy atom. The minimum Gasteiger partial charge on any atom is -0.355 e. The molecule has 0 aliphatic heterocycles. The summed E-state index contributed by atoms with van der Waals surface area (Å²) < 4.78 is 0. The first-order valence-electron chi connectivity index (χ1n) is 9.52. The normalized spacial score (nSPS) is 34.8. The van der Waals surface area contributed by atoms with Crippen LogP contribution in [0.4, 0.5) is 4.79 Å². The lowest BCUT2D eigenvalue weighted by Gasteiger charge is -2.57. The van der Waals surface area contributed by atoms with Crippen LogP contribution in [0.1, 0.15) is 57.8 Å². The zero-order valence-electron chi connectivity index (χ0n) is 14.6. The predicted molar refractivity (Wildman–Crippen MR) is 93.0 cm³/mol. The van der Waals surface area contributed by atoms with Crippen LogP contribution in [0, 0.1) is 23.2 Å². The number of nitrogens with one attached hydrogen (secondary N) is 2. The van der Waals surface area contributed by atoms with Crippen LogP contribution in [0.15, 0.2) is 0 Å². The molecule has 0 spiro atoms. The van der Waals surface area contributed by atoms with Crippen molar-refractivity contribution in [3.63, 3.8) is 0 Å². The SMILES string of the molecule is NC(=O)NCCC[C@H](N)C(=O)NCCC12CC3CC(CC(C3)C1)C2. The third kappa shape index (κ3) is 4.21. The van der Waals surface area contributed by atoms with Crippen LogP contribution < -0.4 is 22.1 Å². The van der Waals surface area contributed by atoms with Crippen molar-refractivity contribution < 1.29 is 9.59 Å². The van der Waals surface area contributed by atoms with Crippen molar-refractivity contribution in [3.05, 3.63) is 0 Å². The molecule has 0 aromatic carbocycles. The van der Waals surface area contributed by atoms with E-state index in [9.17, 15) is 9.59 Å². The number of carbonyl (C=O) groups excluding carboxylic acids is 2. The van der Waals surface area contributed by atoms with Crippen molar-refractivity contribution in [2.75, 3.05) is 13.1 Å². The topological polar surface area (TPSA) is 110 Å². The minimum absolute atomic E-state index is 0.0706. The van der Waals surface area contributed by atoms with E-state index in [1.165, 1.54) is 38.5 Å². The van der Waals surface area contributed by atoms with Gasteiger partial charge >= 0.3 is 6.03 Å². The second-order valence-electron chi connectivity index (χ2n) is 8.50. The summed E-state index contributed by atoms with van der Waals surface area (Å²) in [7, 11) is 0. The molecule has 136 valence electrons. The number of carbonyl (C=O) groups is 2. The van der Waals surface area contributed by atoms with Crippen LogP contribution in [0.5, 0.6) is 0 Å². The molecule has 3 amide bonds. The van der Waals surface area contributed by atoms with Crippen molar-refractivity contribution in [1.82, 2.24) is 10.6 Å². The lowest BCUT2D eigenvalue weighted by molar-refractivity contribution is -0.122. The maximum absolute atomic E-state index is 12.1. The summed E-state index contributed by atoms with van der Waals surface area (Å²) in [6.45, 7) is 1.21. The van der Waals surface area contributed by atoms with Gasteiger partial charge in [0.25, 0.3) is 0 Å². The average molecular weight is 336 g/mol. The Kier molecular flexibility index (Phi) is 5.33. The number of amides is 3. The highest BCUT2D eigenvalue weighted by Gasteiger charge is 2.50. The smallest absolute Gasteiger partial charge is 0.312 e. The molecule has 0 aromatic heterocycles. The number of urea groups is 1. The van der Waals surface area contributed by atoms with Gasteiger partial charge in [-0.3, -0.25) is 4.79 Å². The van der Waals surface area contributed by atoms with Crippen LogP contribution in [-0.2, 0) is 4.79 Å². The summed E-state index contributed by atoms with van der Waals surface area (Å²) in [4.78, 5) is 22.7. The van der Waals surface area contributed by atoms with Crippen molar-refractivity contribution in [2.24, 2.45) is 34.6 Å². The van der Waals surface area contributed by atoms with E-state index >= 15 is 0 Å². The molecule has 0 aromatic rings. The van der Waals surface area contributed by atoms with Crippen molar-refractivity contribution in [1.29, 1.82) is 0 Å². The van der Waals surface area contributed by atoms with Gasteiger partial charge in [-0.2, -0.15) is 0 Å². The number of nitrogens with two attached hydrogens (primary N) is 2. The molecule has 4 aliphatic carbocycles. The number of hydrogen-bond acceptors (Lipinski definition) is 3. The van der Waals surface area contributed by atoms with Gasteiger partial charge in [0, 0.05) is 13.1 Å².